The number of carbonyl (C=O) groups excluding carboxylic acids is 1. The summed E-state index contributed by atoms with van der Waals surface area (Å²) in [6.45, 7) is 4.60. The number of carbonyl (C=O) groups is 1. The zero-order valence-electron chi connectivity index (χ0n) is 17.5. The molecule has 0 saturated heterocycles. The van der Waals surface area contributed by atoms with Crippen LogP contribution in [0.5, 0.6) is 0 Å². The number of rotatable bonds is 9. The summed E-state index contributed by atoms with van der Waals surface area (Å²) in [5.74, 6) is -0.182. The number of oxime groups is 1. The second-order valence-electron chi connectivity index (χ2n) is 7.10. The second kappa shape index (κ2) is 11.0. The van der Waals surface area contributed by atoms with Crippen LogP contribution in [-0.2, 0) is 16.2 Å². The third kappa shape index (κ3) is 6.05. The number of esters is 1. The molecular weight excluding hydrogens is 374 g/mol. The van der Waals surface area contributed by atoms with Gasteiger partial charge in [0.05, 0.1) is 17.9 Å². The van der Waals surface area contributed by atoms with Crippen LogP contribution in [0.2, 0.25) is 0 Å². The van der Waals surface area contributed by atoms with Crippen LogP contribution in [0.15, 0.2) is 90.1 Å². The normalized spacial score (nSPS) is 12.3. The predicted molar refractivity (Wildman–Crippen MR) is 120 cm³/mol. The van der Waals surface area contributed by atoms with Crippen molar-refractivity contribution in [3.05, 3.63) is 107 Å². The van der Waals surface area contributed by atoms with E-state index in [0.717, 1.165) is 23.3 Å². The van der Waals surface area contributed by atoms with Crippen molar-refractivity contribution in [3.63, 3.8) is 0 Å². The van der Waals surface area contributed by atoms with Crippen LogP contribution in [0.3, 0.4) is 0 Å². The topological polar surface area (TPSA) is 47.9 Å². The molecule has 0 aliphatic rings. The fraction of sp³-hybridized carbons (Fsp3) is 0.231. The Bertz CT molecular complexity index is 951. The van der Waals surface area contributed by atoms with E-state index >= 15 is 0 Å². The average molecular weight is 402 g/mol. The molecule has 0 saturated carbocycles. The van der Waals surface area contributed by atoms with E-state index in [1.54, 1.807) is 6.92 Å². The maximum atomic E-state index is 12.0. The van der Waals surface area contributed by atoms with Gasteiger partial charge in [-0.1, -0.05) is 78.0 Å². The van der Waals surface area contributed by atoms with Gasteiger partial charge in [-0.2, -0.15) is 0 Å². The highest BCUT2D eigenvalue weighted by Gasteiger charge is 2.17. The van der Waals surface area contributed by atoms with Gasteiger partial charge in [-0.05, 0) is 49.1 Å². The zero-order valence-corrected chi connectivity index (χ0v) is 17.5. The van der Waals surface area contributed by atoms with Crippen LogP contribution in [0.1, 0.15) is 53.2 Å². The molecule has 0 spiro atoms. The fourth-order valence-corrected chi connectivity index (χ4v) is 3.30. The molecule has 0 aliphatic heterocycles. The predicted octanol–water partition coefficient (Wildman–Crippen LogP) is 5.98. The molecule has 3 aromatic carbocycles. The fourth-order valence-electron chi connectivity index (χ4n) is 3.30. The molecule has 3 aromatic rings. The van der Waals surface area contributed by atoms with Crippen molar-refractivity contribution in [2.45, 2.75) is 32.8 Å². The molecule has 0 heterocycles. The Morgan fingerprint density at radius 3 is 2.10 bits per heavy atom. The number of benzene rings is 3. The quantitative estimate of drug-likeness (QED) is 0.252. The molecule has 30 heavy (non-hydrogen) atoms. The molecule has 154 valence electrons. The Morgan fingerprint density at radius 1 is 0.867 bits per heavy atom. The van der Waals surface area contributed by atoms with E-state index in [-0.39, 0.29) is 11.9 Å². The smallest absolute Gasteiger partial charge is 0.338 e. The molecule has 0 fully saturated rings. The van der Waals surface area contributed by atoms with Crippen molar-refractivity contribution in [1.29, 1.82) is 0 Å². The van der Waals surface area contributed by atoms with E-state index in [1.165, 1.54) is 5.56 Å². The molecule has 0 N–H and O–H groups in total. The van der Waals surface area contributed by atoms with E-state index in [1.807, 2.05) is 79.7 Å². The maximum Gasteiger partial charge on any atom is 0.338 e. The first-order valence-electron chi connectivity index (χ1n) is 10.2. The first kappa shape index (κ1) is 21.3. The Kier molecular flexibility index (Phi) is 7.78. The molecular formula is C26H27NO3. The minimum atomic E-state index is -0.299. The van der Waals surface area contributed by atoms with Crippen molar-refractivity contribution in [1.82, 2.24) is 0 Å². The van der Waals surface area contributed by atoms with Crippen molar-refractivity contribution in [2.75, 3.05) is 6.61 Å². The highest BCUT2D eigenvalue weighted by atomic mass is 16.6. The van der Waals surface area contributed by atoms with Crippen molar-refractivity contribution >= 4 is 11.7 Å². The lowest BCUT2D eigenvalue weighted by atomic mass is 9.87. The van der Waals surface area contributed by atoms with Crippen LogP contribution in [0, 0.1) is 0 Å². The molecule has 0 aliphatic carbocycles. The standard InChI is InChI=1S/C26H27NO3/c1-3-29-26(28)24-16-14-23(15-17-24)25(22-12-8-5-9-13-22)18-20(2)27-30-19-21-10-6-4-7-11-21/h4-17,25H,3,18-19H2,1-2H3/b27-20+. The van der Waals surface area contributed by atoms with Gasteiger partial charge in [0, 0.05) is 5.92 Å². The lowest BCUT2D eigenvalue weighted by molar-refractivity contribution is 0.0526. The van der Waals surface area contributed by atoms with Gasteiger partial charge >= 0.3 is 5.97 Å². The highest BCUT2D eigenvalue weighted by Crippen LogP contribution is 2.29. The Labute approximate surface area is 178 Å². The minimum absolute atomic E-state index is 0.117. The first-order valence-corrected chi connectivity index (χ1v) is 10.2. The monoisotopic (exact) mass is 401 g/mol. The first-order chi connectivity index (χ1) is 14.7. The average Bonchev–Trinajstić information content (AvgIpc) is 2.79. The van der Waals surface area contributed by atoms with E-state index in [4.69, 9.17) is 9.57 Å². The molecule has 4 heteroatoms. The van der Waals surface area contributed by atoms with Gasteiger partial charge in [0.25, 0.3) is 0 Å². The Morgan fingerprint density at radius 2 is 1.47 bits per heavy atom. The third-order valence-electron chi connectivity index (χ3n) is 4.82. The van der Waals surface area contributed by atoms with Crippen LogP contribution < -0.4 is 0 Å². The van der Waals surface area contributed by atoms with Crippen LogP contribution >= 0.6 is 0 Å². The summed E-state index contributed by atoms with van der Waals surface area (Å²) >= 11 is 0. The number of hydrogen-bond donors (Lipinski definition) is 0. The molecule has 3 rings (SSSR count). The van der Waals surface area contributed by atoms with E-state index in [2.05, 4.69) is 17.3 Å². The third-order valence-corrected chi connectivity index (χ3v) is 4.82. The van der Waals surface area contributed by atoms with Gasteiger partial charge in [-0.25, -0.2) is 4.79 Å². The van der Waals surface area contributed by atoms with Crippen LogP contribution in [0.4, 0.5) is 0 Å². The molecule has 1 unspecified atom stereocenters. The lowest BCUT2D eigenvalue weighted by Crippen LogP contribution is -2.09. The van der Waals surface area contributed by atoms with E-state index in [0.29, 0.717) is 18.8 Å². The largest absolute Gasteiger partial charge is 0.462 e. The summed E-state index contributed by atoms with van der Waals surface area (Å²) in [7, 11) is 0. The maximum absolute atomic E-state index is 12.0. The molecule has 0 radical (unpaired) electrons. The summed E-state index contributed by atoms with van der Waals surface area (Å²) in [5, 5.41) is 4.32. The molecule has 0 aromatic heterocycles. The SMILES string of the molecule is CCOC(=O)c1ccc(C(C/C(C)=N/OCc2ccccc2)c2ccccc2)cc1. The molecule has 1 atom stereocenters. The van der Waals surface area contributed by atoms with E-state index < -0.39 is 0 Å². The lowest BCUT2D eigenvalue weighted by Gasteiger charge is -2.18. The highest BCUT2D eigenvalue weighted by molar-refractivity contribution is 5.89. The summed E-state index contributed by atoms with van der Waals surface area (Å²) in [5.41, 5.74) is 4.87. The van der Waals surface area contributed by atoms with Gasteiger partial charge in [0.15, 0.2) is 0 Å². The van der Waals surface area contributed by atoms with Gasteiger partial charge < -0.3 is 9.57 Å². The summed E-state index contributed by atoms with van der Waals surface area (Å²) in [6, 6.07) is 27.9. The Hall–Kier alpha value is -3.40. The van der Waals surface area contributed by atoms with Gasteiger partial charge in [0.1, 0.15) is 6.61 Å². The van der Waals surface area contributed by atoms with Crippen molar-refractivity contribution < 1.29 is 14.4 Å². The molecule has 0 amide bonds. The van der Waals surface area contributed by atoms with Crippen LogP contribution in [0.25, 0.3) is 0 Å². The summed E-state index contributed by atoms with van der Waals surface area (Å²) < 4.78 is 5.08. The summed E-state index contributed by atoms with van der Waals surface area (Å²) in [6.07, 6.45) is 0.720. The van der Waals surface area contributed by atoms with Crippen LogP contribution in [-0.4, -0.2) is 18.3 Å². The Balaban J connectivity index is 1.74. The van der Waals surface area contributed by atoms with E-state index in [9.17, 15) is 4.79 Å². The number of nitrogens with zero attached hydrogens (tertiary/aromatic N) is 1. The zero-order chi connectivity index (χ0) is 21.2. The minimum Gasteiger partial charge on any atom is -0.462 e. The molecule has 0 bridgehead atoms. The van der Waals surface area contributed by atoms with Gasteiger partial charge in [-0.3, -0.25) is 0 Å². The summed E-state index contributed by atoms with van der Waals surface area (Å²) in [4.78, 5) is 17.5. The second-order valence-corrected chi connectivity index (χ2v) is 7.10. The number of hydrogen-bond acceptors (Lipinski definition) is 4. The van der Waals surface area contributed by atoms with Gasteiger partial charge in [-0.15, -0.1) is 0 Å². The molecule has 4 nitrogen and oxygen atoms in total. The number of ether oxygens (including phenoxy) is 1. The van der Waals surface area contributed by atoms with Gasteiger partial charge in [0.2, 0.25) is 0 Å². The van der Waals surface area contributed by atoms with Crippen molar-refractivity contribution in [3.8, 4) is 0 Å². The van der Waals surface area contributed by atoms with Crippen molar-refractivity contribution in [2.24, 2.45) is 5.16 Å².